The molecule has 0 bridgehead atoms. The van der Waals surface area contributed by atoms with Gasteiger partial charge in [-0.25, -0.2) is 17.5 Å². The predicted octanol–water partition coefficient (Wildman–Crippen LogP) is 5.70. The molecule has 1 aromatic carbocycles. The summed E-state index contributed by atoms with van der Waals surface area (Å²) >= 11 is 6.40. The highest BCUT2D eigenvalue weighted by Gasteiger charge is 2.38. The molecule has 1 aliphatic heterocycles. The third-order valence-electron chi connectivity index (χ3n) is 8.48. The summed E-state index contributed by atoms with van der Waals surface area (Å²) in [6.07, 6.45) is 7.25. The molecule has 1 atom stereocenters. The number of nitrogens with one attached hydrogen (secondary N) is 1. The number of likely N-dealkylation sites (tertiary alicyclic amines) is 1. The number of nitrogens with zero attached hydrogens (tertiary/aromatic N) is 2. The molecule has 39 heavy (non-hydrogen) atoms. The van der Waals surface area contributed by atoms with Crippen LogP contribution in [-0.4, -0.2) is 49.2 Å². The van der Waals surface area contributed by atoms with Crippen LogP contribution in [0.2, 0.25) is 5.02 Å². The minimum atomic E-state index is -3.75. The number of carbonyl (C=O) groups is 1. The van der Waals surface area contributed by atoms with Gasteiger partial charge in [-0.05, 0) is 107 Å². The maximum absolute atomic E-state index is 15.0. The maximum atomic E-state index is 15.0. The van der Waals surface area contributed by atoms with Gasteiger partial charge in [-0.3, -0.25) is 14.7 Å². The number of hydrogen-bond acceptors (Lipinski definition) is 6. The first-order valence-electron chi connectivity index (χ1n) is 14.1. The lowest BCUT2D eigenvalue weighted by Gasteiger charge is -2.36. The molecular weight excluding hydrogens is 541 g/mol. The summed E-state index contributed by atoms with van der Waals surface area (Å²) in [5.74, 6) is -0.107. The highest BCUT2D eigenvalue weighted by molar-refractivity contribution is 7.91. The van der Waals surface area contributed by atoms with Gasteiger partial charge < -0.3 is 4.74 Å². The van der Waals surface area contributed by atoms with Crippen molar-refractivity contribution >= 4 is 27.5 Å². The molecule has 1 N–H and O–H groups in total. The standard InChI is InChI=1S/C29H35ClFN3O4S/c1-17(26-12-21(30)13-27(32-26)20-4-5-20)34-10-8-18(9-11-34)16-38-28-15-25(31)24(14-23(28)19-2-3-19)29(35)33-39(36,37)22-6-7-22/h12-15,17-20,22H,2-11,16H2,1H3,(H,33,35). The lowest BCUT2D eigenvalue weighted by molar-refractivity contribution is 0.0976. The molecule has 2 aromatic rings. The Morgan fingerprint density at radius 2 is 1.77 bits per heavy atom. The monoisotopic (exact) mass is 575 g/mol. The summed E-state index contributed by atoms with van der Waals surface area (Å²) < 4.78 is 47.5. The Morgan fingerprint density at radius 3 is 2.41 bits per heavy atom. The van der Waals surface area contributed by atoms with Gasteiger partial charge in [0.05, 0.1) is 23.1 Å². The molecule has 3 aliphatic carbocycles. The Bertz CT molecular complexity index is 1370. The van der Waals surface area contributed by atoms with Crippen molar-refractivity contribution in [2.75, 3.05) is 19.7 Å². The Hall–Kier alpha value is -2.23. The lowest BCUT2D eigenvalue weighted by Crippen LogP contribution is -2.37. The van der Waals surface area contributed by atoms with E-state index in [1.165, 1.54) is 25.0 Å². The molecule has 10 heteroatoms. The molecule has 1 saturated heterocycles. The first-order chi connectivity index (χ1) is 18.7. The van der Waals surface area contributed by atoms with Crippen LogP contribution in [0.3, 0.4) is 0 Å². The molecule has 0 radical (unpaired) electrons. The summed E-state index contributed by atoms with van der Waals surface area (Å²) in [6.45, 7) is 4.50. The van der Waals surface area contributed by atoms with Gasteiger partial charge in [0.15, 0.2) is 0 Å². The van der Waals surface area contributed by atoms with Crippen molar-refractivity contribution in [3.8, 4) is 5.75 Å². The van der Waals surface area contributed by atoms with Crippen LogP contribution in [0.25, 0.3) is 0 Å². The molecule has 7 nitrogen and oxygen atoms in total. The maximum Gasteiger partial charge on any atom is 0.267 e. The normalized spacial score (nSPS) is 21.5. The van der Waals surface area contributed by atoms with Gasteiger partial charge in [0.25, 0.3) is 5.91 Å². The zero-order chi connectivity index (χ0) is 27.3. The van der Waals surface area contributed by atoms with Crippen molar-refractivity contribution < 1.29 is 22.3 Å². The van der Waals surface area contributed by atoms with Gasteiger partial charge in [-0.15, -0.1) is 0 Å². The van der Waals surface area contributed by atoms with E-state index in [-0.39, 0.29) is 17.5 Å². The van der Waals surface area contributed by atoms with E-state index < -0.39 is 27.0 Å². The number of pyridine rings is 1. The van der Waals surface area contributed by atoms with Crippen molar-refractivity contribution in [2.45, 2.75) is 81.4 Å². The molecule has 6 rings (SSSR count). The molecule has 210 valence electrons. The number of halogens is 2. The zero-order valence-corrected chi connectivity index (χ0v) is 23.7. The summed E-state index contributed by atoms with van der Waals surface area (Å²) in [5.41, 5.74) is 2.68. The van der Waals surface area contributed by atoms with E-state index in [2.05, 4.69) is 11.8 Å². The van der Waals surface area contributed by atoms with E-state index in [1.807, 2.05) is 16.9 Å². The Morgan fingerprint density at radius 1 is 1.08 bits per heavy atom. The third-order valence-corrected chi connectivity index (χ3v) is 10.5. The van der Waals surface area contributed by atoms with Crippen LogP contribution in [0.5, 0.6) is 5.75 Å². The fraction of sp³-hybridized carbons (Fsp3) is 0.586. The number of benzene rings is 1. The Kier molecular flexibility index (Phi) is 7.35. The second kappa shape index (κ2) is 10.6. The molecule has 3 saturated carbocycles. The van der Waals surface area contributed by atoms with E-state index in [0.29, 0.717) is 37.0 Å². The van der Waals surface area contributed by atoms with E-state index in [4.69, 9.17) is 21.3 Å². The smallest absolute Gasteiger partial charge is 0.267 e. The SMILES string of the molecule is CC(c1cc(Cl)cc(C2CC2)n1)N1CCC(COc2cc(F)c(C(=O)NS(=O)(=O)C3CC3)cc2C2CC2)CC1. The zero-order valence-electron chi connectivity index (χ0n) is 22.2. The average Bonchev–Trinajstić information content (AvgIpc) is 3.77. The first-order valence-corrected chi connectivity index (χ1v) is 16.0. The largest absolute Gasteiger partial charge is 0.493 e. The molecule has 4 fully saturated rings. The Balaban J connectivity index is 1.07. The van der Waals surface area contributed by atoms with Crippen LogP contribution in [0.4, 0.5) is 4.39 Å². The van der Waals surface area contributed by atoms with Crippen molar-refractivity contribution in [3.05, 3.63) is 57.6 Å². The second-order valence-electron chi connectivity index (χ2n) is 11.7. The number of hydrogen-bond donors (Lipinski definition) is 1. The average molecular weight is 576 g/mol. The van der Waals surface area contributed by atoms with Gasteiger partial charge in [0, 0.05) is 28.7 Å². The van der Waals surface area contributed by atoms with Crippen molar-refractivity contribution in [1.82, 2.24) is 14.6 Å². The topological polar surface area (TPSA) is 88.6 Å². The fourth-order valence-corrected chi connectivity index (χ4v) is 6.99. The Labute approximate surface area is 234 Å². The number of carbonyl (C=O) groups excluding carboxylic acids is 1. The molecule has 0 spiro atoms. The molecule has 2 heterocycles. The van der Waals surface area contributed by atoms with E-state index in [1.54, 1.807) is 0 Å². The van der Waals surface area contributed by atoms with Crippen molar-refractivity contribution in [2.24, 2.45) is 5.92 Å². The van der Waals surface area contributed by atoms with Crippen LogP contribution in [0.15, 0.2) is 24.3 Å². The number of amides is 1. The molecule has 1 aromatic heterocycles. The van der Waals surface area contributed by atoms with Gasteiger partial charge in [-0.1, -0.05) is 11.6 Å². The van der Waals surface area contributed by atoms with Crippen molar-refractivity contribution in [1.29, 1.82) is 0 Å². The molecule has 4 aliphatic rings. The van der Waals surface area contributed by atoms with Crippen LogP contribution in [0.1, 0.15) is 103 Å². The number of piperidine rings is 1. The van der Waals surface area contributed by atoms with Gasteiger partial charge >= 0.3 is 0 Å². The molecule has 1 amide bonds. The van der Waals surface area contributed by atoms with Crippen molar-refractivity contribution in [3.63, 3.8) is 0 Å². The number of ether oxygens (including phenoxy) is 1. The highest BCUT2D eigenvalue weighted by Crippen LogP contribution is 2.45. The number of aromatic nitrogens is 1. The van der Waals surface area contributed by atoms with Gasteiger partial charge in [0.2, 0.25) is 10.0 Å². The third kappa shape index (κ3) is 6.25. The lowest BCUT2D eigenvalue weighted by atomic mass is 9.96. The molecule has 1 unspecified atom stereocenters. The van der Waals surface area contributed by atoms with E-state index >= 15 is 0 Å². The fourth-order valence-electron chi connectivity index (χ4n) is 5.47. The summed E-state index contributed by atoms with van der Waals surface area (Å²) in [4.78, 5) is 19.9. The van der Waals surface area contributed by atoms with Gasteiger partial charge in [0.1, 0.15) is 11.6 Å². The van der Waals surface area contributed by atoms with E-state index in [9.17, 15) is 17.6 Å². The first kappa shape index (κ1) is 27.0. The minimum Gasteiger partial charge on any atom is -0.493 e. The quantitative estimate of drug-likeness (QED) is 0.391. The second-order valence-corrected chi connectivity index (χ2v) is 14.1. The van der Waals surface area contributed by atoms with Crippen LogP contribution in [-0.2, 0) is 10.0 Å². The summed E-state index contributed by atoms with van der Waals surface area (Å²) in [6, 6.07) is 6.89. The van der Waals surface area contributed by atoms with E-state index in [0.717, 1.165) is 60.7 Å². The summed E-state index contributed by atoms with van der Waals surface area (Å²) in [7, 11) is -3.75. The predicted molar refractivity (Wildman–Crippen MR) is 147 cm³/mol. The van der Waals surface area contributed by atoms with Crippen LogP contribution in [0, 0.1) is 11.7 Å². The number of rotatable bonds is 10. The number of sulfonamides is 1. The van der Waals surface area contributed by atoms with Gasteiger partial charge in [-0.2, -0.15) is 0 Å². The highest BCUT2D eigenvalue weighted by atomic mass is 35.5. The minimum absolute atomic E-state index is 0.182. The molecular formula is C29H35ClFN3O4S. The van der Waals surface area contributed by atoms with Crippen LogP contribution >= 0.6 is 11.6 Å². The van der Waals surface area contributed by atoms with Crippen LogP contribution < -0.4 is 9.46 Å². The summed E-state index contributed by atoms with van der Waals surface area (Å²) in [5, 5.41) is 0.204.